The number of fused-ring (bicyclic) bond motifs is 3. The largest absolute Gasteiger partial charge is 0.419 e. The number of pyridine rings is 2. The van der Waals surface area contributed by atoms with Crippen LogP contribution in [0.25, 0.3) is 21.8 Å². The quantitative estimate of drug-likeness (QED) is 0.161. The van der Waals surface area contributed by atoms with Crippen LogP contribution in [0.2, 0.25) is 0 Å². The number of aromatic nitrogens is 2. The third kappa shape index (κ3) is 3.98. The second kappa shape index (κ2) is 8.73. The van der Waals surface area contributed by atoms with E-state index in [0.29, 0.717) is 21.3 Å². The molecule has 172 valence electrons. The highest BCUT2D eigenvalue weighted by Gasteiger charge is 2.23. The van der Waals surface area contributed by atoms with E-state index >= 15 is 0 Å². The molecule has 0 amide bonds. The Bertz CT molecular complexity index is 1630. The Labute approximate surface area is 219 Å². The van der Waals surface area contributed by atoms with E-state index in [1.54, 1.807) is 18.3 Å². The van der Waals surface area contributed by atoms with Crippen LogP contribution in [0, 0.1) is 6.92 Å². The lowest BCUT2D eigenvalue weighted by Gasteiger charge is -2.19. The topological polar surface area (TPSA) is 55.3 Å². The summed E-state index contributed by atoms with van der Waals surface area (Å²) in [5, 5.41) is 2.03. The molecular weight excluding hydrogens is 570 g/mol. The second-order valence-electron chi connectivity index (χ2n) is 8.57. The first kappa shape index (κ1) is 22.2. The molecule has 2 aromatic heterocycles. The third-order valence-corrected chi connectivity index (χ3v) is 7.49. The Hall–Kier alpha value is -3.29. The van der Waals surface area contributed by atoms with Gasteiger partial charge in [-0.25, -0.2) is 9.78 Å². The summed E-state index contributed by atoms with van der Waals surface area (Å²) in [7, 11) is 0. The number of aryl methyl sites for hydroxylation is 1. The van der Waals surface area contributed by atoms with Gasteiger partial charge >= 0.3 is 5.97 Å². The molecule has 0 N–H and O–H groups in total. The molecule has 0 aliphatic carbocycles. The smallest absolute Gasteiger partial charge is 0.343 e. The van der Waals surface area contributed by atoms with E-state index in [-0.39, 0.29) is 0 Å². The number of hydrogen-bond donors (Lipinski definition) is 0. The van der Waals surface area contributed by atoms with Crippen LogP contribution < -0.4 is 9.64 Å². The first-order valence-electron chi connectivity index (χ1n) is 11.2. The van der Waals surface area contributed by atoms with Crippen molar-refractivity contribution in [2.75, 3.05) is 11.4 Å². The molecule has 1 aliphatic heterocycles. The van der Waals surface area contributed by atoms with Crippen molar-refractivity contribution < 1.29 is 9.53 Å². The van der Waals surface area contributed by atoms with Gasteiger partial charge < -0.3 is 9.64 Å². The van der Waals surface area contributed by atoms with Crippen molar-refractivity contribution in [2.24, 2.45) is 0 Å². The van der Waals surface area contributed by atoms with E-state index in [9.17, 15) is 4.79 Å². The number of halogens is 2. The Morgan fingerprint density at radius 3 is 2.66 bits per heavy atom. The fourth-order valence-electron chi connectivity index (χ4n) is 4.49. The van der Waals surface area contributed by atoms with Crippen LogP contribution in [0.4, 0.5) is 11.5 Å². The summed E-state index contributed by atoms with van der Waals surface area (Å²) in [4.78, 5) is 24.6. The number of anilines is 2. The van der Waals surface area contributed by atoms with Crippen molar-refractivity contribution in [3.63, 3.8) is 0 Å². The minimum atomic E-state index is -0.437. The third-order valence-electron chi connectivity index (χ3n) is 6.25. The Kier molecular flexibility index (Phi) is 5.54. The maximum absolute atomic E-state index is 13.0. The van der Waals surface area contributed by atoms with Gasteiger partial charge in [-0.1, -0.05) is 34.1 Å². The van der Waals surface area contributed by atoms with Crippen LogP contribution in [-0.4, -0.2) is 22.5 Å². The van der Waals surface area contributed by atoms with Gasteiger partial charge in [0.05, 0.1) is 15.6 Å². The van der Waals surface area contributed by atoms with Gasteiger partial charge in [-0.3, -0.25) is 4.98 Å². The van der Waals surface area contributed by atoms with Gasteiger partial charge in [-0.05, 0) is 88.9 Å². The van der Waals surface area contributed by atoms with Crippen LogP contribution in [0.1, 0.15) is 21.5 Å². The van der Waals surface area contributed by atoms with Gasteiger partial charge in [0.1, 0.15) is 11.3 Å². The number of nitrogens with zero attached hydrogens (tertiary/aromatic N) is 3. The van der Waals surface area contributed by atoms with Crippen molar-refractivity contribution in [2.45, 2.75) is 13.3 Å². The van der Waals surface area contributed by atoms with E-state index < -0.39 is 5.97 Å². The molecule has 7 heteroatoms. The maximum atomic E-state index is 13.0. The number of carbonyl (C=O) groups is 1. The first-order valence-corrected chi connectivity index (χ1v) is 12.8. The molecule has 0 fully saturated rings. The van der Waals surface area contributed by atoms with E-state index in [2.05, 4.69) is 72.9 Å². The molecule has 0 radical (unpaired) electrons. The van der Waals surface area contributed by atoms with Crippen molar-refractivity contribution in [3.05, 3.63) is 98.6 Å². The number of carbonyl (C=O) groups excluding carboxylic acids is 1. The molecule has 1 aliphatic rings. The fraction of sp³-hybridized carbons (Fsp3) is 0.107. The highest BCUT2D eigenvalue weighted by atomic mass is 79.9. The van der Waals surface area contributed by atoms with Crippen molar-refractivity contribution >= 4 is 71.1 Å². The van der Waals surface area contributed by atoms with E-state index in [1.165, 1.54) is 11.1 Å². The summed E-state index contributed by atoms with van der Waals surface area (Å²) < 4.78 is 7.31. The summed E-state index contributed by atoms with van der Waals surface area (Å²) in [6, 6.07) is 21.7. The number of esters is 1. The molecule has 6 rings (SSSR count). The van der Waals surface area contributed by atoms with Gasteiger partial charge in [-0.15, -0.1) is 0 Å². The van der Waals surface area contributed by atoms with Crippen molar-refractivity contribution in [1.82, 2.24) is 9.97 Å². The average Bonchev–Trinajstić information content (AvgIpc) is 3.27. The maximum Gasteiger partial charge on any atom is 0.343 e. The van der Waals surface area contributed by atoms with Crippen molar-refractivity contribution in [1.29, 1.82) is 0 Å². The molecule has 3 heterocycles. The van der Waals surface area contributed by atoms with Crippen LogP contribution in [0.5, 0.6) is 5.75 Å². The lowest BCUT2D eigenvalue weighted by molar-refractivity contribution is 0.0735. The number of rotatable bonds is 3. The van der Waals surface area contributed by atoms with E-state index in [1.807, 2.05) is 30.3 Å². The Morgan fingerprint density at radius 2 is 1.83 bits per heavy atom. The molecule has 0 bridgehead atoms. The van der Waals surface area contributed by atoms with E-state index in [0.717, 1.165) is 45.2 Å². The monoisotopic (exact) mass is 587 g/mol. The number of benzene rings is 3. The summed E-state index contributed by atoms with van der Waals surface area (Å²) in [5.41, 5.74) is 5.51. The molecule has 0 saturated heterocycles. The standard InChI is InChI=1S/C28H19Br2N3O2/c1-16-4-5-18-14-19-10-12-33(27(19)32-24(18)13-16)20-8-6-17(7-9-20)28(34)35-26-23(30)15-22(29)21-3-2-11-31-25(21)26/h2-9,11,13-15H,10,12H2,1H3. The molecule has 5 nitrogen and oxygen atoms in total. The highest BCUT2D eigenvalue weighted by molar-refractivity contribution is 9.11. The van der Waals surface area contributed by atoms with Gasteiger partial charge in [0.25, 0.3) is 0 Å². The average molecular weight is 589 g/mol. The summed E-state index contributed by atoms with van der Waals surface area (Å²) in [6.45, 7) is 2.93. The van der Waals surface area contributed by atoms with Crippen LogP contribution in [-0.2, 0) is 6.42 Å². The number of ether oxygens (including phenoxy) is 1. The minimum absolute atomic E-state index is 0.401. The lowest BCUT2D eigenvalue weighted by Crippen LogP contribution is -2.15. The predicted octanol–water partition coefficient (Wildman–Crippen LogP) is 7.53. The molecule has 0 unspecified atom stereocenters. The second-order valence-corrected chi connectivity index (χ2v) is 10.3. The zero-order valence-electron chi connectivity index (χ0n) is 18.8. The van der Waals surface area contributed by atoms with E-state index in [4.69, 9.17) is 9.72 Å². The number of hydrogen-bond acceptors (Lipinski definition) is 5. The minimum Gasteiger partial charge on any atom is -0.419 e. The van der Waals surface area contributed by atoms with Crippen LogP contribution in [0.3, 0.4) is 0 Å². The normalized spacial score (nSPS) is 12.8. The summed E-state index contributed by atoms with van der Waals surface area (Å²) in [5.74, 6) is 0.945. The Balaban J connectivity index is 1.28. The summed E-state index contributed by atoms with van der Waals surface area (Å²) in [6.07, 6.45) is 2.62. The Morgan fingerprint density at radius 1 is 1.00 bits per heavy atom. The predicted molar refractivity (Wildman–Crippen MR) is 146 cm³/mol. The zero-order chi connectivity index (χ0) is 24.1. The van der Waals surface area contributed by atoms with Gasteiger partial charge in [0.2, 0.25) is 0 Å². The SMILES string of the molecule is Cc1ccc2cc3c(nc2c1)N(c1ccc(C(=O)Oc2c(Br)cc(Br)c4cccnc24)cc1)CC3. The lowest BCUT2D eigenvalue weighted by atomic mass is 10.1. The molecule has 5 aromatic rings. The first-order chi connectivity index (χ1) is 17.0. The fourth-order valence-corrected chi connectivity index (χ4v) is 5.84. The zero-order valence-corrected chi connectivity index (χ0v) is 21.9. The van der Waals surface area contributed by atoms with Gasteiger partial charge in [-0.2, -0.15) is 0 Å². The highest BCUT2D eigenvalue weighted by Crippen LogP contribution is 2.38. The van der Waals surface area contributed by atoms with Gasteiger partial charge in [0, 0.05) is 33.7 Å². The molecule has 3 aromatic carbocycles. The summed E-state index contributed by atoms with van der Waals surface area (Å²) >= 11 is 7.04. The van der Waals surface area contributed by atoms with Crippen LogP contribution in [0.15, 0.2) is 81.9 Å². The van der Waals surface area contributed by atoms with Gasteiger partial charge in [0.15, 0.2) is 5.75 Å². The molecule has 0 atom stereocenters. The van der Waals surface area contributed by atoms with Crippen molar-refractivity contribution in [3.8, 4) is 5.75 Å². The molecule has 0 spiro atoms. The molecular formula is C28H19Br2N3O2. The molecule has 35 heavy (non-hydrogen) atoms. The molecule has 0 saturated carbocycles. The van der Waals surface area contributed by atoms with Crippen LogP contribution >= 0.6 is 31.9 Å².